The van der Waals surface area contributed by atoms with Crippen LogP contribution in [0.3, 0.4) is 0 Å². The van der Waals surface area contributed by atoms with E-state index in [-0.39, 0.29) is 24.7 Å². The molecule has 0 unspecified atom stereocenters. The van der Waals surface area contributed by atoms with Crippen LogP contribution in [0.1, 0.15) is 37.8 Å². The monoisotopic (exact) mass is 450 g/mol. The van der Waals surface area contributed by atoms with E-state index in [4.69, 9.17) is 0 Å². The third-order valence-electron chi connectivity index (χ3n) is 5.61. The van der Waals surface area contributed by atoms with Gasteiger partial charge in [-0.05, 0) is 58.7 Å². The van der Waals surface area contributed by atoms with Crippen molar-refractivity contribution in [3.63, 3.8) is 0 Å². The fourth-order valence-electron chi connectivity index (χ4n) is 3.59. The fraction of sp³-hybridized carbons (Fsp3) is 0.143. The molecule has 6 heteroatoms. The van der Waals surface area contributed by atoms with E-state index >= 15 is 0 Å². The highest BCUT2D eigenvalue weighted by molar-refractivity contribution is 6.03. The number of benzene rings is 4. The Morgan fingerprint density at radius 3 is 1.38 bits per heavy atom. The Bertz CT molecular complexity index is 1310. The topological polar surface area (TPSA) is 82.9 Å². The van der Waals surface area contributed by atoms with Gasteiger partial charge in [0.25, 0.3) is 0 Å². The van der Waals surface area contributed by atoms with Crippen LogP contribution in [0, 0.1) is 0 Å². The molecule has 6 nitrogen and oxygen atoms in total. The van der Waals surface area contributed by atoms with E-state index in [1.54, 1.807) is 0 Å². The molecule has 34 heavy (non-hydrogen) atoms. The molecule has 0 radical (unpaired) electrons. The van der Waals surface area contributed by atoms with E-state index in [0.29, 0.717) is 11.4 Å². The zero-order valence-corrected chi connectivity index (χ0v) is 19.2. The van der Waals surface area contributed by atoms with Gasteiger partial charge < -0.3 is 0 Å². The molecule has 0 fully saturated rings. The van der Waals surface area contributed by atoms with Gasteiger partial charge in [0.2, 0.25) is 11.8 Å². The molecule has 0 saturated carbocycles. The van der Waals surface area contributed by atoms with Crippen molar-refractivity contribution in [1.82, 2.24) is 10.9 Å². The lowest BCUT2D eigenvalue weighted by atomic mass is 10.0. The number of carbonyl (C=O) groups excluding carboxylic acids is 2. The number of fused-ring (bicyclic) bond motifs is 2. The molecular weight excluding hydrogens is 424 g/mol. The summed E-state index contributed by atoms with van der Waals surface area (Å²) >= 11 is 0. The minimum absolute atomic E-state index is 0.0187. The van der Waals surface area contributed by atoms with Crippen LogP contribution >= 0.6 is 0 Å². The maximum absolute atomic E-state index is 12.1. The summed E-state index contributed by atoms with van der Waals surface area (Å²) in [6, 6.07) is 28.2. The summed E-state index contributed by atoms with van der Waals surface area (Å²) in [5.41, 5.74) is 8.29. The lowest BCUT2D eigenvalue weighted by molar-refractivity contribution is -0.126. The molecule has 4 rings (SSSR count). The first-order valence-electron chi connectivity index (χ1n) is 11.1. The number of hydrogen-bond donors (Lipinski definition) is 2. The standard InChI is InChI=1S/C28H26N4O2/c1-19(23-13-11-21-7-3-5-9-25(21)17-23)29-31-27(33)15-16-28(34)32-30-20(2)24-14-12-22-8-4-6-10-26(22)18-24/h3-14,17-18H,15-16H2,1-2H3,(H,31,33)(H,32,34)/b29-19+,30-20+. The van der Waals surface area contributed by atoms with E-state index < -0.39 is 0 Å². The number of hydrogen-bond acceptors (Lipinski definition) is 4. The molecular formula is C28H26N4O2. The van der Waals surface area contributed by atoms with Crippen molar-refractivity contribution in [2.45, 2.75) is 26.7 Å². The molecule has 0 saturated heterocycles. The zero-order valence-electron chi connectivity index (χ0n) is 19.2. The van der Waals surface area contributed by atoms with Crippen LogP contribution in [0.4, 0.5) is 0 Å². The van der Waals surface area contributed by atoms with Gasteiger partial charge in [-0.15, -0.1) is 0 Å². The third kappa shape index (κ3) is 5.72. The van der Waals surface area contributed by atoms with Crippen LogP contribution in [0.5, 0.6) is 0 Å². The number of hydrazone groups is 2. The lowest BCUT2D eigenvalue weighted by Crippen LogP contribution is -2.24. The molecule has 0 spiro atoms. The third-order valence-corrected chi connectivity index (χ3v) is 5.61. The van der Waals surface area contributed by atoms with Gasteiger partial charge in [0.05, 0.1) is 11.4 Å². The van der Waals surface area contributed by atoms with Crippen LogP contribution < -0.4 is 10.9 Å². The van der Waals surface area contributed by atoms with E-state index in [1.807, 2.05) is 98.8 Å². The summed E-state index contributed by atoms with van der Waals surface area (Å²) in [5, 5.41) is 12.9. The van der Waals surface area contributed by atoms with E-state index in [9.17, 15) is 9.59 Å². The first-order chi connectivity index (χ1) is 16.5. The van der Waals surface area contributed by atoms with Crippen LogP contribution in [-0.4, -0.2) is 23.2 Å². The quantitative estimate of drug-likeness (QED) is 0.301. The van der Waals surface area contributed by atoms with E-state index in [0.717, 1.165) is 32.7 Å². The Balaban J connectivity index is 1.27. The highest BCUT2D eigenvalue weighted by Gasteiger charge is 2.07. The molecule has 170 valence electrons. The largest absolute Gasteiger partial charge is 0.273 e. The molecule has 0 bridgehead atoms. The molecule has 4 aromatic carbocycles. The summed E-state index contributed by atoms with van der Waals surface area (Å²) in [6.45, 7) is 3.67. The summed E-state index contributed by atoms with van der Waals surface area (Å²) < 4.78 is 0. The summed E-state index contributed by atoms with van der Waals surface area (Å²) in [6.07, 6.45) is 0.0375. The molecule has 0 aliphatic rings. The molecule has 2 N–H and O–H groups in total. The summed E-state index contributed by atoms with van der Waals surface area (Å²) in [5.74, 6) is -0.656. The average Bonchev–Trinajstić information content (AvgIpc) is 2.88. The van der Waals surface area contributed by atoms with Crippen molar-refractivity contribution in [1.29, 1.82) is 0 Å². The maximum Gasteiger partial charge on any atom is 0.240 e. The second kappa shape index (κ2) is 10.5. The minimum Gasteiger partial charge on any atom is -0.273 e. The van der Waals surface area contributed by atoms with Gasteiger partial charge >= 0.3 is 0 Å². The van der Waals surface area contributed by atoms with E-state index in [2.05, 4.69) is 21.1 Å². The Hall–Kier alpha value is -4.32. The van der Waals surface area contributed by atoms with Crippen LogP contribution in [0.2, 0.25) is 0 Å². The number of amides is 2. The van der Waals surface area contributed by atoms with Gasteiger partial charge in [0.15, 0.2) is 0 Å². The number of nitrogens with zero attached hydrogens (tertiary/aromatic N) is 2. The fourth-order valence-corrected chi connectivity index (χ4v) is 3.59. The van der Waals surface area contributed by atoms with Gasteiger partial charge in [0.1, 0.15) is 0 Å². The van der Waals surface area contributed by atoms with Crippen molar-refractivity contribution >= 4 is 44.8 Å². The van der Waals surface area contributed by atoms with Crippen molar-refractivity contribution in [3.8, 4) is 0 Å². The zero-order chi connectivity index (χ0) is 23.9. The van der Waals surface area contributed by atoms with Crippen LogP contribution in [0.25, 0.3) is 21.5 Å². The predicted molar refractivity (Wildman–Crippen MR) is 138 cm³/mol. The normalized spacial score (nSPS) is 12.1. The van der Waals surface area contributed by atoms with Gasteiger partial charge in [-0.2, -0.15) is 10.2 Å². The first-order valence-corrected chi connectivity index (χ1v) is 11.1. The molecule has 0 heterocycles. The van der Waals surface area contributed by atoms with Crippen molar-refractivity contribution in [2.24, 2.45) is 10.2 Å². The molecule has 0 aliphatic carbocycles. The molecule has 4 aromatic rings. The lowest BCUT2D eigenvalue weighted by Gasteiger charge is -2.06. The van der Waals surface area contributed by atoms with Gasteiger partial charge in [-0.1, -0.05) is 72.8 Å². The summed E-state index contributed by atoms with van der Waals surface area (Å²) in [7, 11) is 0. The number of nitrogens with one attached hydrogen (secondary N) is 2. The van der Waals surface area contributed by atoms with Crippen molar-refractivity contribution in [3.05, 3.63) is 96.1 Å². The van der Waals surface area contributed by atoms with Crippen molar-refractivity contribution < 1.29 is 9.59 Å². The van der Waals surface area contributed by atoms with E-state index in [1.165, 1.54) is 0 Å². The second-order valence-electron chi connectivity index (χ2n) is 8.09. The Labute approximate surface area is 198 Å². The van der Waals surface area contributed by atoms with Gasteiger partial charge in [-0.25, -0.2) is 10.9 Å². The van der Waals surface area contributed by atoms with Crippen LogP contribution in [0.15, 0.2) is 95.1 Å². The van der Waals surface area contributed by atoms with Gasteiger partial charge in [0, 0.05) is 12.8 Å². The summed E-state index contributed by atoms with van der Waals surface area (Å²) in [4.78, 5) is 24.3. The van der Waals surface area contributed by atoms with Crippen molar-refractivity contribution in [2.75, 3.05) is 0 Å². The smallest absolute Gasteiger partial charge is 0.240 e. The minimum atomic E-state index is -0.328. The van der Waals surface area contributed by atoms with Gasteiger partial charge in [-0.3, -0.25) is 9.59 Å². The molecule has 0 aromatic heterocycles. The molecule has 0 aliphatic heterocycles. The SMILES string of the molecule is C/C(=N\NC(=O)CCC(=O)N/N=C(\C)c1ccc2ccccc2c1)c1ccc2ccccc2c1. The number of carbonyl (C=O) groups is 2. The Kier molecular flexibility index (Phi) is 7.08. The second-order valence-corrected chi connectivity index (χ2v) is 8.09. The molecule has 2 amide bonds. The highest BCUT2D eigenvalue weighted by Crippen LogP contribution is 2.17. The Morgan fingerprint density at radius 2 is 0.971 bits per heavy atom. The predicted octanol–water partition coefficient (Wildman–Crippen LogP) is 5.15. The first kappa shape index (κ1) is 22.9. The maximum atomic E-state index is 12.1. The average molecular weight is 451 g/mol. The van der Waals surface area contributed by atoms with Crippen LogP contribution in [-0.2, 0) is 9.59 Å². The molecule has 0 atom stereocenters. The Morgan fingerprint density at radius 1 is 0.588 bits per heavy atom. The highest BCUT2D eigenvalue weighted by atomic mass is 16.2. The number of rotatable bonds is 7.